The lowest BCUT2D eigenvalue weighted by Crippen LogP contribution is -2.42. The Morgan fingerprint density at radius 1 is 1.25 bits per heavy atom. The first-order chi connectivity index (χ1) is 11.4. The molecule has 0 spiro atoms. The first-order valence-electron chi connectivity index (χ1n) is 7.74. The van der Waals surface area contributed by atoms with Gasteiger partial charge in [0.2, 0.25) is 0 Å². The number of aromatic hydroxyl groups is 1. The Bertz CT molecular complexity index is 634. The fraction of sp³-hybridized carbons (Fsp3) is 0.471. The summed E-state index contributed by atoms with van der Waals surface area (Å²) in [5, 5.41) is 9.60. The molecule has 0 radical (unpaired) electrons. The smallest absolute Gasteiger partial charge is 0.338 e. The average Bonchev–Trinajstić information content (AvgIpc) is 2.61. The summed E-state index contributed by atoms with van der Waals surface area (Å²) in [4.78, 5) is 37.0. The second-order valence-corrected chi connectivity index (χ2v) is 5.76. The minimum atomic E-state index is -0.664. The van der Waals surface area contributed by atoms with Crippen molar-refractivity contribution in [2.75, 3.05) is 26.8 Å². The number of esters is 2. The summed E-state index contributed by atoms with van der Waals surface area (Å²) in [6.45, 7) is 2.21. The molecule has 2 rings (SSSR count). The van der Waals surface area contributed by atoms with Crippen molar-refractivity contribution < 1.29 is 29.0 Å². The Balaban J connectivity index is 1.82. The van der Waals surface area contributed by atoms with Crippen LogP contribution in [0, 0.1) is 12.8 Å². The predicted molar refractivity (Wildman–Crippen MR) is 84.4 cm³/mol. The molecule has 24 heavy (non-hydrogen) atoms. The number of phenolic OH excluding ortho intramolecular Hbond substituents is 1. The number of ether oxygens (including phenoxy) is 2. The number of methoxy groups -OCH3 is 1. The molecule has 1 amide bonds. The van der Waals surface area contributed by atoms with Gasteiger partial charge in [-0.3, -0.25) is 9.59 Å². The highest BCUT2D eigenvalue weighted by molar-refractivity contribution is 5.91. The van der Waals surface area contributed by atoms with Crippen LogP contribution in [-0.2, 0) is 19.1 Å². The summed E-state index contributed by atoms with van der Waals surface area (Å²) in [5.74, 6) is -1.41. The number of carbonyl (C=O) groups excluding carboxylic acids is 3. The van der Waals surface area contributed by atoms with Crippen LogP contribution in [0.3, 0.4) is 0 Å². The lowest BCUT2D eigenvalue weighted by Gasteiger charge is -2.30. The number of hydrogen-bond donors (Lipinski definition) is 1. The first kappa shape index (κ1) is 17.8. The van der Waals surface area contributed by atoms with Crippen molar-refractivity contribution in [1.29, 1.82) is 0 Å². The second kappa shape index (κ2) is 7.81. The topological polar surface area (TPSA) is 93.1 Å². The normalized spacial score (nSPS) is 15.0. The van der Waals surface area contributed by atoms with Gasteiger partial charge in [-0.15, -0.1) is 0 Å². The highest BCUT2D eigenvalue weighted by Gasteiger charge is 2.28. The summed E-state index contributed by atoms with van der Waals surface area (Å²) >= 11 is 0. The molecular formula is C17H21NO6. The molecule has 7 heteroatoms. The molecule has 1 saturated heterocycles. The van der Waals surface area contributed by atoms with Gasteiger partial charge in [-0.05, 0) is 37.5 Å². The molecule has 0 bridgehead atoms. The molecule has 1 aliphatic heterocycles. The van der Waals surface area contributed by atoms with Crippen molar-refractivity contribution in [2.45, 2.75) is 19.8 Å². The number of piperidine rings is 1. The summed E-state index contributed by atoms with van der Waals surface area (Å²) in [6, 6.07) is 4.44. The highest BCUT2D eigenvalue weighted by Crippen LogP contribution is 2.19. The highest BCUT2D eigenvalue weighted by atomic mass is 16.5. The molecule has 0 unspecified atom stereocenters. The van der Waals surface area contributed by atoms with Gasteiger partial charge < -0.3 is 19.5 Å². The molecule has 1 heterocycles. The van der Waals surface area contributed by atoms with Gasteiger partial charge in [-0.25, -0.2) is 4.79 Å². The Labute approximate surface area is 140 Å². The maximum absolute atomic E-state index is 12.1. The molecule has 1 aliphatic rings. The van der Waals surface area contributed by atoms with Crippen LogP contribution < -0.4 is 0 Å². The molecule has 0 aliphatic carbocycles. The van der Waals surface area contributed by atoms with Crippen LogP contribution in [0.4, 0.5) is 0 Å². The first-order valence-corrected chi connectivity index (χ1v) is 7.74. The van der Waals surface area contributed by atoms with E-state index < -0.39 is 5.97 Å². The lowest BCUT2D eigenvalue weighted by atomic mass is 9.97. The molecule has 0 aromatic heterocycles. The van der Waals surface area contributed by atoms with E-state index in [0.717, 1.165) is 0 Å². The van der Waals surface area contributed by atoms with E-state index in [0.29, 0.717) is 31.5 Å². The fourth-order valence-electron chi connectivity index (χ4n) is 2.57. The molecule has 1 fully saturated rings. The van der Waals surface area contributed by atoms with Gasteiger partial charge in [0.05, 0.1) is 18.6 Å². The number of likely N-dealkylation sites (tertiary alicyclic amines) is 1. The van der Waals surface area contributed by atoms with Crippen LogP contribution in [0.1, 0.15) is 28.8 Å². The minimum absolute atomic E-state index is 0.000610. The zero-order valence-corrected chi connectivity index (χ0v) is 13.8. The van der Waals surface area contributed by atoms with E-state index in [9.17, 15) is 19.5 Å². The van der Waals surface area contributed by atoms with Crippen LogP contribution in [-0.4, -0.2) is 54.7 Å². The van der Waals surface area contributed by atoms with Crippen molar-refractivity contribution in [1.82, 2.24) is 4.90 Å². The van der Waals surface area contributed by atoms with Crippen molar-refractivity contribution in [3.8, 4) is 5.75 Å². The molecule has 0 atom stereocenters. The van der Waals surface area contributed by atoms with Gasteiger partial charge in [0, 0.05) is 13.1 Å². The molecule has 1 N–H and O–H groups in total. The standard InChI is InChI=1S/C17H21NO6/c1-11-3-4-13(9-14(11)19)17(22)24-10-15(20)18-7-5-12(6-8-18)16(21)23-2/h3-4,9,12,19H,5-8,10H2,1-2H3. The van der Waals surface area contributed by atoms with E-state index in [4.69, 9.17) is 9.47 Å². The van der Waals surface area contributed by atoms with Crippen LogP contribution in [0.5, 0.6) is 5.75 Å². The lowest BCUT2D eigenvalue weighted by molar-refractivity contribution is -0.149. The van der Waals surface area contributed by atoms with Crippen LogP contribution >= 0.6 is 0 Å². The van der Waals surface area contributed by atoms with E-state index in [1.807, 2.05) is 0 Å². The van der Waals surface area contributed by atoms with Crippen molar-refractivity contribution in [2.24, 2.45) is 5.92 Å². The van der Waals surface area contributed by atoms with E-state index in [2.05, 4.69) is 0 Å². The number of rotatable bonds is 4. The molecule has 1 aromatic carbocycles. The zero-order valence-electron chi connectivity index (χ0n) is 13.8. The number of aryl methyl sites for hydroxylation is 1. The fourth-order valence-corrected chi connectivity index (χ4v) is 2.57. The van der Waals surface area contributed by atoms with Crippen LogP contribution in [0.15, 0.2) is 18.2 Å². The third kappa shape index (κ3) is 4.24. The Kier molecular flexibility index (Phi) is 5.78. The van der Waals surface area contributed by atoms with Crippen molar-refractivity contribution >= 4 is 17.8 Å². The Hall–Kier alpha value is -2.57. The molecule has 0 saturated carbocycles. The van der Waals surface area contributed by atoms with E-state index in [1.54, 1.807) is 17.9 Å². The van der Waals surface area contributed by atoms with Gasteiger partial charge >= 0.3 is 11.9 Å². The minimum Gasteiger partial charge on any atom is -0.508 e. The van der Waals surface area contributed by atoms with E-state index >= 15 is 0 Å². The van der Waals surface area contributed by atoms with Crippen LogP contribution in [0.2, 0.25) is 0 Å². The maximum atomic E-state index is 12.1. The summed E-state index contributed by atoms with van der Waals surface area (Å²) in [5.41, 5.74) is 0.839. The summed E-state index contributed by atoms with van der Waals surface area (Å²) in [7, 11) is 1.35. The van der Waals surface area contributed by atoms with Gasteiger partial charge in [-0.2, -0.15) is 0 Å². The molecule has 1 aromatic rings. The van der Waals surface area contributed by atoms with Crippen LogP contribution in [0.25, 0.3) is 0 Å². The number of carbonyl (C=O) groups is 3. The molecular weight excluding hydrogens is 314 g/mol. The largest absolute Gasteiger partial charge is 0.508 e. The number of benzene rings is 1. The SMILES string of the molecule is COC(=O)C1CCN(C(=O)COC(=O)c2ccc(C)c(O)c2)CC1. The second-order valence-electron chi connectivity index (χ2n) is 5.76. The summed E-state index contributed by atoms with van der Waals surface area (Å²) in [6.07, 6.45) is 1.08. The van der Waals surface area contributed by atoms with Gasteiger partial charge in [0.25, 0.3) is 5.91 Å². The Morgan fingerprint density at radius 3 is 2.50 bits per heavy atom. The van der Waals surface area contributed by atoms with Crippen molar-refractivity contribution in [3.05, 3.63) is 29.3 Å². The monoisotopic (exact) mass is 335 g/mol. The van der Waals surface area contributed by atoms with E-state index in [-0.39, 0.29) is 35.7 Å². The third-order valence-electron chi connectivity index (χ3n) is 4.15. The third-order valence-corrected chi connectivity index (χ3v) is 4.15. The predicted octanol–water partition coefficient (Wildman–Crippen LogP) is 1.27. The summed E-state index contributed by atoms with van der Waals surface area (Å²) < 4.78 is 9.70. The number of phenols is 1. The quantitative estimate of drug-likeness (QED) is 0.833. The van der Waals surface area contributed by atoms with E-state index in [1.165, 1.54) is 19.2 Å². The number of hydrogen-bond acceptors (Lipinski definition) is 6. The van der Waals surface area contributed by atoms with Gasteiger partial charge in [0.1, 0.15) is 5.75 Å². The molecule has 7 nitrogen and oxygen atoms in total. The average molecular weight is 335 g/mol. The number of nitrogens with zero attached hydrogens (tertiary/aromatic N) is 1. The zero-order chi connectivity index (χ0) is 17.7. The molecule has 130 valence electrons. The van der Waals surface area contributed by atoms with Crippen molar-refractivity contribution in [3.63, 3.8) is 0 Å². The van der Waals surface area contributed by atoms with Gasteiger partial charge in [-0.1, -0.05) is 6.07 Å². The van der Waals surface area contributed by atoms with Gasteiger partial charge in [0.15, 0.2) is 6.61 Å². The Morgan fingerprint density at radius 2 is 1.92 bits per heavy atom. The maximum Gasteiger partial charge on any atom is 0.338 e. The number of amides is 1.